The van der Waals surface area contributed by atoms with Crippen LogP contribution in [0, 0.1) is 41.4 Å². The molecule has 28 heteroatoms. The van der Waals surface area contributed by atoms with Gasteiger partial charge in [-0.1, -0.05) is 143 Å². The first-order valence-electron chi connectivity index (χ1n) is 37.7. The third-order valence-electron chi connectivity index (χ3n) is 22.1. The number of rotatable bonds is 40. The van der Waals surface area contributed by atoms with Crippen LogP contribution in [0.3, 0.4) is 0 Å². The number of ether oxygens (including phenoxy) is 5. The minimum absolute atomic E-state index is 0.0503. The minimum Gasteiger partial charge on any atom is -0.447 e. The summed E-state index contributed by atoms with van der Waals surface area (Å²) in [5, 5.41) is 42.4. The van der Waals surface area contributed by atoms with E-state index in [2.05, 4.69) is 37.2 Å². The van der Waals surface area contributed by atoms with E-state index in [-0.39, 0.29) is 87.0 Å². The largest absolute Gasteiger partial charge is 0.447 e. The number of amides is 10. The van der Waals surface area contributed by atoms with Crippen LogP contribution in [0.4, 0.5) is 4.79 Å². The summed E-state index contributed by atoms with van der Waals surface area (Å²) in [6, 6.07) is 9.86. The van der Waals surface area contributed by atoms with Crippen molar-refractivity contribution in [3.63, 3.8) is 0 Å². The first-order chi connectivity index (χ1) is 49.9. The van der Waals surface area contributed by atoms with Crippen molar-refractivity contribution in [1.82, 2.24) is 56.8 Å². The van der Waals surface area contributed by atoms with Crippen molar-refractivity contribution in [3.8, 4) is 0 Å². The molecule has 4 aliphatic rings. The Morgan fingerprint density at radius 1 is 0.676 bits per heavy atom. The van der Waals surface area contributed by atoms with Gasteiger partial charge in [-0.05, 0) is 80.4 Å². The smallest absolute Gasteiger partial charge is 0.407 e. The number of likely N-dealkylation sites (N-methyl/N-ethyl adjacent to an activating group) is 2. The summed E-state index contributed by atoms with van der Waals surface area (Å²) < 4.78 is 30.9. The predicted octanol–water partition coefficient (Wildman–Crippen LogP) is 3.64. The molecule has 3 unspecified atom stereocenters. The lowest BCUT2D eigenvalue weighted by molar-refractivity contribution is -0.149. The molecule has 0 saturated carbocycles. The van der Waals surface area contributed by atoms with Crippen LogP contribution in [0.5, 0.6) is 0 Å². The van der Waals surface area contributed by atoms with E-state index in [1.54, 1.807) is 87.7 Å². The Kier molecular flexibility index (Phi) is 33.9. The van der Waals surface area contributed by atoms with Crippen molar-refractivity contribution in [1.29, 1.82) is 0 Å². The van der Waals surface area contributed by atoms with Gasteiger partial charge in [0.15, 0.2) is 0 Å². The van der Waals surface area contributed by atoms with Gasteiger partial charge in [-0.3, -0.25) is 43.2 Å². The number of likely N-dealkylation sites (tertiary alicyclic amines) is 2. The third-order valence-corrected chi connectivity index (χ3v) is 22.1. The van der Waals surface area contributed by atoms with Crippen molar-refractivity contribution >= 4 is 59.3 Å². The van der Waals surface area contributed by atoms with E-state index >= 15 is 9.59 Å². The highest BCUT2D eigenvalue weighted by Crippen LogP contribution is 2.36. The molecule has 0 bridgehead atoms. The van der Waals surface area contributed by atoms with E-state index in [0.29, 0.717) is 57.2 Å². The summed E-state index contributed by atoms with van der Waals surface area (Å²) >= 11 is 0. The maximum absolute atomic E-state index is 15.6. The van der Waals surface area contributed by atoms with Crippen molar-refractivity contribution in [2.75, 3.05) is 74.9 Å². The molecule has 0 aromatic heterocycles. The van der Waals surface area contributed by atoms with E-state index in [1.807, 2.05) is 77.9 Å². The van der Waals surface area contributed by atoms with Gasteiger partial charge in [0.25, 0.3) is 0 Å². The molecule has 0 spiro atoms. The van der Waals surface area contributed by atoms with Gasteiger partial charge < -0.3 is 90.7 Å². The van der Waals surface area contributed by atoms with Crippen LogP contribution in [0.2, 0.25) is 0 Å². The highest BCUT2D eigenvalue weighted by atomic mass is 16.6. The SMILES string of the molecule is CC[C@H](C)[C@@H]([C@@H](CC(=O)N1CCC[C@H]1[C@H](OCC1C[C@@H]([C@H](OC)[C@@H](C)C(=O)N[C@H](CO)Cc2ccccc2)N(C(=O)C[C@@H](OC)[C@H]([C@@H](C)CC)N(C)C(=O)[C@@H](NC(=O)[C@@H]2COC(=O)N2)C(C)C)C1)[C@@H](C)C(=O)N[C@H](C)[C@@H](O)c1ccccc1)OC)N(C)C(=O)[C@@H](NC(=O)C1NCCC1NC(C)=O)C(C)C. The number of aliphatic hydroxyl groups excluding tert-OH is 2. The lowest BCUT2D eigenvalue weighted by Crippen LogP contribution is -2.60. The molecule has 21 atom stereocenters. The number of carbonyl (C=O) groups is 10. The number of hydrogen-bond acceptors (Lipinski definition) is 18. The molecule has 4 saturated heterocycles. The van der Waals surface area contributed by atoms with Crippen LogP contribution < -0.4 is 37.2 Å². The zero-order valence-corrected chi connectivity index (χ0v) is 65.0. The van der Waals surface area contributed by atoms with Gasteiger partial charge in [-0.15, -0.1) is 0 Å². The topological polar surface area (TPSA) is 354 Å². The van der Waals surface area contributed by atoms with Gasteiger partial charge in [-0.2, -0.15) is 0 Å². The molecule has 2 aromatic carbocycles. The summed E-state index contributed by atoms with van der Waals surface area (Å²) in [5.41, 5.74) is 1.49. The molecule has 2 aromatic rings. The normalized spacial score (nSPS) is 23.2. The van der Waals surface area contributed by atoms with E-state index < -0.39 is 156 Å². The minimum atomic E-state index is -1.08. The van der Waals surface area contributed by atoms with Gasteiger partial charge in [0.2, 0.25) is 53.2 Å². The van der Waals surface area contributed by atoms with Gasteiger partial charge in [0, 0.05) is 61.4 Å². The molecular weight excluding hydrogens is 1350 g/mol. The number of nitrogens with one attached hydrogen (secondary N) is 7. The molecule has 4 heterocycles. The molecular formula is C77H123N11O17. The van der Waals surface area contributed by atoms with Crippen LogP contribution in [0.25, 0.3) is 0 Å². The summed E-state index contributed by atoms with van der Waals surface area (Å²) in [7, 11) is 7.71. The average Bonchev–Trinajstić information content (AvgIpc) is 1.73. The predicted molar refractivity (Wildman–Crippen MR) is 394 cm³/mol. The second kappa shape index (κ2) is 41.1. The first kappa shape index (κ1) is 86.6. The monoisotopic (exact) mass is 1470 g/mol. The molecule has 6 rings (SSSR count). The maximum atomic E-state index is 15.6. The zero-order valence-electron chi connectivity index (χ0n) is 65.0. The number of nitrogens with zero attached hydrogens (tertiary/aromatic N) is 4. The van der Waals surface area contributed by atoms with Gasteiger partial charge in [-0.25, -0.2) is 4.79 Å². The van der Waals surface area contributed by atoms with Crippen molar-refractivity contribution in [2.45, 2.75) is 238 Å². The first-order valence-corrected chi connectivity index (χ1v) is 37.7. The fourth-order valence-corrected chi connectivity index (χ4v) is 15.6. The zero-order chi connectivity index (χ0) is 77.7. The number of alkyl carbamates (subject to hydrolysis) is 1. The molecule has 28 nitrogen and oxygen atoms in total. The fourth-order valence-electron chi connectivity index (χ4n) is 15.6. The van der Waals surface area contributed by atoms with Crippen LogP contribution in [0.15, 0.2) is 60.7 Å². The lowest BCUT2D eigenvalue weighted by Gasteiger charge is -2.41. The summed E-state index contributed by atoms with van der Waals surface area (Å²) in [4.78, 5) is 148. The maximum Gasteiger partial charge on any atom is 0.407 e. The van der Waals surface area contributed by atoms with Crippen molar-refractivity contribution in [3.05, 3.63) is 71.8 Å². The molecule has 10 amide bonds. The Bertz CT molecular complexity index is 3170. The van der Waals surface area contributed by atoms with Gasteiger partial charge in [0.05, 0.1) is 111 Å². The Balaban J connectivity index is 1.33. The van der Waals surface area contributed by atoms with Crippen LogP contribution >= 0.6 is 0 Å². The number of methoxy groups -OCH3 is 3. The average molecular weight is 1470 g/mol. The Hall–Kier alpha value is -7.34. The van der Waals surface area contributed by atoms with Gasteiger partial charge in [0.1, 0.15) is 30.8 Å². The molecule has 4 aliphatic heterocycles. The third kappa shape index (κ3) is 22.9. The van der Waals surface area contributed by atoms with Gasteiger partial charge >= 0.3 is 6.09 Å². The molecule has 0 radical (unpaired) electrons. The molecule has 0 aliphatic carbocycles. The second-order valence-corrected chi connectivity index (χ2v) is 30.2. The van der Waals surface area contributed by atoms with Crippen LogP contribution in [-0.2, 0) is 73.3 Å². The lowest BCUT2D eigenvalue weighted by atomic mass is 9.89. The van der Waals surface area contributed by atoms with Crippen LogP contribution in [-0.4, -0.2) is 255 Å². The molecule has 9 N–H and O–H groups in total. The number of carbonyl (C=O) groups excluding carboxylic acids is 10. The highest BCUT2D eigenvalue weighted by molar-refractivity contribution is 5.93. The Labute approximate surface area is 621 Å². The van der Waals surface area contributed by atoms with E-state index in [1.165, 1.54) is 33.2 Å². The van der Waals surface area contributed by atoms with Crippen molar-refractivity contribution < 1.29 is 81.8 Å². The van der Waals surface area contributed by atoms with Crippen molar-refractivity contribution in [2.24, 2.45) is 41.4 Å². The number of aliphatic hydroxyl groups is 2. The highest BCUT2D eigenvalue weighted by Gasteiger charge is 2.49. The van der Waals surface area contributed by atoms with Crippen LogP contribution in [0.1, 0.15) is 152 Å². The quantitative estimate of drug-likeness (QED) is 0.0460. The summed E-state index contributed by atoms with van der Waals surface area (Å²) in [6.07, 6.45) is -2.71. The summed E-state index contributed by atoms with van der Waals surface area (Å²) in [5.74, 6) is -7.27. The Morgan fingerprint density at radius 2 is 1.21 bits per heavy atom. The Morgan fingerprint density at radius 3 is 1.71 bits per heavy atom. The second-order valence-electron chi connectivity index (χ2n) is 30.2. The van der Waals surface area contributed by atoms with E-state index in [0.717, 1.165) is 5.56 Å². The number of benzene rings is 2. The standard InChI is InChI=1S/C77H123N11O17/c1-18-45(7)66(86(14)76(99)64(44(5)6)84-74(97)65-55(32-33-78-65)80-50(12)90)59(101-15)37-61(91)87-34-26-31-57(87)70(48(10)71(94)79-49(11)68(93)53-29-24-21-25-30-53)104-41-52-36-58(69(103-17)47(9)72(95)81-54(40-89)35-51-27-22-20-23-28-51)88(39-52)62(92)38-60(102-16)67(46(8)19-2)85(13)75(98)63(43(3)4)83-73(96)56-42-105-77(100)82-56/h20-25,27-30,43-49,52,54-60,63-70,78,89,93H,18-19,26,31-42H2,1-17H3,(H,79,94)(H,80,90)(H,81,95)(H,82,100)(H,83,96)(H,84,97)/t45-,46-,47+,48+,49+,52?,54-,55?,56-,57-,58-,59+,60+,63-,64-,65?,66-,67-,68+,69+,70+/m0/s1. The number of cyclic esters (lactones) is 1. The van der Waals surface area contributed by atoms with E-state index in [9.17, 15) is 48.6 Å². The molecule has 588 valence electrons. The summed E-state index contributed by atoms with van der Waals surface area (Å²) in [6.45, 7) is 21.9. The molecule has 4 fully saturated rings. The number of hydrogen-bond donors (Lipinski definition) is 9. The molecule has 105 heavy (non-hydrogen) atoms. The van der Waals surface area contributed by atoms with E-state index in [4.69, 9.17) is 23.7 Å². The fraction of sp³-hybridized carbons (Fsp3) is 0.714.